The number of hydrogen-bond acceptors (Lipinski definition) is 3. The van der Waals surface area contributed by atoms with Crippen LogP contribution in [0.1, 0.15) is 1.43 Å². The van der Waals surface area contributed by atoms with Gasteiger partial charge in [0.15, 0.2) is 0 Å². The summed E-state index contributed by atoms with van der Waals surface area (Å²) in [6.45, 7) is 0. The van der Waals surface area contributed by atoms with E-state index in [1.54, 1.807) is 0 Å². The van der Waals surface area contributed by atoms with E-state index in [0.29, 0.717) is 0 Å². The Bertz CT molecular complexity index is 161. The first kappa shape index (κ1) is 89.7. The number of rotatable bonds is 2. The van der Waals surface area contributed by atoms with Crippen LogP contribution in [0.3, 0.4) is 0 Å². The van der Waals surface area contributed by atoms with Gasteiger partial charge in [-0.05, 0) is 0 Å². The van der Waals surface area contributed by atoms with Crippen molar-refractivity contribution in [3.63, 3.8) is 0 Å². The molecule has 0 spiro atoms. The van der Waals surface area contributed by atoms with Crippen LogP contribution in [0.2, 0.25) is 0 Å². The number of phosphoric acid groups is 2. The molecular formula is H23NaO16P2. The first-order valence-electron chi connectivity index (χ1n) is 1.53. The minimum atomic E-state index is -5.05. The second-order valence-electron chi connectivity index (χ2n) is 1.06. The minimum Gasteiger partial charge on any atom is -1.00 e. The molecule has 0 aromatic rings. The summed E-state index contributed by atoms with van der Waals surface area (Å²) >= 11 is 0. The first-order chi connectivity index (χ1) is 3.71. The van der Waals surface area contributed by atoms with Crippen molar-refractivity contribution in [2.75, 3.05) is 0 Å². The Morgan fingerprint density at radius 2 is 0.684 bits per heavy atom. The van der Waals surface area contributed by atoms with Crippen molar-refractivity contribution in [1.82, 2.24) is 0 Å². The molecule has 0 rings (SSSR count). The molecule has 0 saturated heterocycles. The first-order valence-corrected chi connectivity index (χ1v) is 4.59. The maximum atomic E-state index is 9.63. The monoisotopic (exact) mass is 364 g/mol. The second kappa shape index (κ2) is 31.3. The molecular weight excluding hydrogens is 341 g/mol. The van der Waals surface area contributed by atoms with Gasteiger partial charge in [0.25, 0.3) is 0 Å². The molecule has 0 aliphatic rings. The van der Waals surface area contributed by atoms with E-state index in [0.717, 1.165) is 0 Å². The van der Waals surface area contributed by atoms with Crippen LogP contribution in [-0.4, -0.2) is 68.9 Å². The van der Waals surface area contributed by atoms with Gasteiger partial charge in [-0.1, -0.05) is 0 Å². The summed E-state index contributed by atoms with van der Waals surface area (Å²) in [5.74, 6) is 0. The van der Waals surface area contributed by atoms with Crippen LogP contribution in [-0.2, 0) is 13.4 Å². The fourth-order valence-corrected chi connectivity index (χ4v) is 1.25. The van der Waals surface area contributed by atoms with Gasteiger partial charge in [-0.25, -0.2) is 9.13 Å². The van der Waals surface area contributed by atoms with Crippen LogP contribution in [0.25, 0.3) is 0 Å². The third-order valence-corrected chi connectivity index (χ3v) is 1.91. The van der Waals surface area contributed by atoms with Crippen molar-refractivity contribution < 1.29 is 113 Å². The van der Waals surface area contributed by atoms with Crippen molar-refractivity contribution >= 4 is 15.6 Å². The smallest absolute Gasteiger partial charge is 1.00 e. The summed E-state index contributed by atoms with van der Waals surface area (Å²) in [6, 6.07) is 0. The summed E-state index contributed by atoms with van der Waals surface area (Å²) in [5.41, 5.74) is 0. The van der Waals surface area contributed by atoms with Gasteiger partial charge < -0.3 is 70.3 Å². The van der Waals surface area contributed by atoms with E-state index in [1.807, 2.05) is 0 Å². The zero-order valence-corrected chi connectivity index (χ0v) is 13.2. The quantitative estimate of drug-likeness (QED) is 0.270. The molecule has 0 radical (unpaired) electrons. The van der Waals surface area contributed by atoms with Crippen LogP contribution in [0.15, 0.2) is 0 Å². The van der Waals surface area contributed by atoms with Crippen molar-refractivity contribution in [1.29, 1.82) is 0 Å². The van der Waals surface area contributed by atoms with Gasteiger partial charge in [0.1, 0.15) is 0 Å². The molecule has 0 aliphatic heterocycles. The Morgan fingerprint density at radius 1 is 0.579 bits per heavy atom. The predicted octanol–water partition coefficient (Wildman–Crippen LogP) is -11.1. The van der Waals surface area contributed by atoms with E-state index in [4.69, 9.17) is 19.6 Å². The summed E-state index contributed by atoms with van der Waals surface area (Å²) in [7, 11) is -10.1. The van der Waals surface area contributed by atoms with Gasteiger partial charge in [0.2, 0.25) is 0 Å². The molecule has 0 aliphatic carbocycles. The van der Waals surface area contributed by atoms with Gasteiger partial charge in [-0.2, -0.15) is 4.31 Å². The average Bonchev–Trinajstić information content (AvgIpc) is 1.14. The van der Waals surface area contributed by atoms with E-state index in [-0.39, 0.29) is 80.3 Å². The fraction of sp³-hybridized carbons (Fsp3) is 0. The Kier molecular flexibility index (Phi) is 148. The molecule has 0 aromatic heterocycles. The molecule has 130 valence electrons. The Balaban J connectivity index is -0.00000000582. The van der Waals surface area contributed by atoms with Crippen molar-refractivity contribution in [3.05, 3.63) is 0 Å². The SMILES string of the molecule is O.O.O.O.O.O.O.O.O.O=P(O)(O)OP(=O)(O)O.[H-].[Na+]. The zero-order valence-electron chi connectivity index (χ0n) is 10.4. The Hall–Kier alpha value is 0.900. The van der Waals surface area contributed by atoms with Crippen LogP contribution in [0.4, 0.5) is 0 Å². The fourth-order valence-electron chi connectivity index (χ4n) is 0.139. The Labute approximate surface area is 129 Å². The van der Waals surface area contributed by atoms with E-state index >= 15 is 0 Å². The summed E-state index contributed by atoms with van der Waals surface area (Å²) < 4.78 is 22.2. The van der Waals surface area contributed by atoms with Crippen LogP contribution < -0.4 is 29.6 Å². The van der Waals surface area contributed by atoms with Crippen molar-refractivity contribution in [2.45, 2.75) is 0 Å². The molecule has 19 heteroatoms. The van der Waals surface area contributed by atoms with Crippen molar-refractivity contribution in [2.24, 2.45) is 0 Å². The standard InChI is InChI=1S/Na.H4O7P2.9H2O.H/c;1-8(2,3)7-9(4,5)6;;;;;;;;;;/h;(H2,1,2,3)(H2,4,5,6);9*1H2;/q+1;;;;;;;;;;;-1. The van der Waals surface area contributed by atoms with Crippen LogP contribution >= 0.6 is 15.6 Å². The molecule has 0 saturated carbocycles. The normalized spacial score (nSPS) is 6.53. The van der Waals surface area contributed by atoms with Crippen molar-refractivity contribution in [3.8, 4) is 0 Å². The van der Waals surface area contributed by atoms with E-state index in [9.17, 15) is 9.13 Å². The molecule has 0 atom stereocenters. The topological polar surface area (TPSA) is 408 Å². The van der Waals surface area contributed by atoms with E-state index < -0.39 is 15.6 Å². The maximum Gasteiger partial charge on any atom is 1.00 e. The molecule has 0 unspecified atom stereocenters. The Morgan fingerprint density at radius 3 is 0.684 bits per heavy atom. The zero-order chi connectivity index (χ0) is 7.71. The maximum absolute atomic E-state index is 9.63. The van der Waals surface area contributed by atoms with Gasteiger partial charge in [0.05, 0.1) is 0 Å². The van der Waals surface area contributed by atoms with Gasteiger partial charge in [-0.3, -0.25) is 0 Å². The molecule has 0 aromatic carbocycles. The summed E-state index contributed by atoms with van der Waals surface area (Å²) in [5, 5.41) is 0. The molecule has 0 heterocycles. The third kappa shape index (κ3) is 113. The molecule has 16 nitrogen and oxygen atoms in total. The molecule has 19 heavy (non-hydrogen) atoms. The average molecular weight is 364 g/mol. The van der Waals surface area contributed by atoms with Crippen LogP contribution in [0, 0.1) is 0 Å². The van der Waals surface area contributed by atoms with Gasteiger partial charge in [-0.15, -0.1) is 0 Å². The molecule has 22 N–H and O–H groups in total. The molecule has 0 bridgehead atoms. The number of hydrogen-bond donors (Lipinski definition) is 4. The summed E-state index contributed by atoms with van der Waals surface area (Å²) in [6.07, 6.45) is 0. The third-order valence-electron chi connectivity index (χ3n) is 0.213. The molecule has 0 fully saturated rings. The predicted molar refractivity (Wildman–Crippen MR) is 58.8 cm³/mol. The second-order valence-corrected chi connectivity index (χ2v) is 3.68. The summed E-state index contributed by atoms with van der Waals surface area (Å²) in [4.78, 5) is 31.0. The van der Waals surface area contributed by atoms with Crippen LogP contribution in [0.5, 0.6) is 0 Å². The van der Waals surface area contributed by atoms with E-state index in [2.05, 4.69) is 4.31 Å². The van der Waals surface area contributed by atoms with Gasteiger partial charge >= 0.3 is 45.2 Å². The largest absolute Gasteiger partial charge is 1.00 e. The van der Waals surface area contributed by atoms with Gasteiger partial charge in [0, 0.05) is 0 Å². The van der Waals surface area contributed by atoms with E-state index in [1.165, 1.54) is 0 Å². The molecule has 0 amide bonds. The minimum absolute atomic E-state index is 0.